The molecular weight excluding hydrogens is 355 g/mol. The van der Waals surface area contributed by atoms with Crippen molar-refractivity contribution in [3.05, 3.63) is 100 Å². The van der Waals surface area contributed by atoms with Gasteiger partial charge in [0.25, 0.3) is 0 Å². The minimum absolute atomic E-state index is 0.211. The molecule has 3 aromatic rings. The van der Waals surface area contributed by atoms with Gasteiger partial charge in [-0.1, -0.05) is 72.3 Å². The summed E-state index contributed by atoms with van der Waals surface area (Å²) < 4.78 is 12.8. The van der Waals surface area contributed by atoms with Crippen LogP contribution in [0.1, 0.15) is 43.0 Å². The standard InChI is InChI=1S/C23H21O3P/c1-15-13-16(2)21(17(3)14-15)22(24)19-11-7-8-12-20(19)23(25)27(26)18-9-5-4-6-10-18/h4-14,27H,1-3H3. The summed E-state index contributed by atoms with van der Waals surface area (Å²) in [6.45, 7) is 5.77. The van der Waals surface area contributed by atoms with Crippen LogP contribution in [0.3, 0.4) is 0 Å². The average Bonchev–Trinajstić information content (AvgIpc) is 2.66. The van der Waals surface area contributed by atoms with E-state index in [1.807, 2.05) is 39.0 Å². The Balaban J connectivity index is 2.06. The molecule has 0 N–H and O–H groups in total. The fraction of sp³-hybridized carbons (Fsp3) is 0.130. The smallest absolute Gasteiger partial charge is 0.223 e. The van der Waals surface area contributed by atoms with Gasteiger partial charge in [-0.25, -0.2) is 0 Å². The lowest BCUT2D eigenvalue weighted by Crippen LogP contribution is -2.13. The lowest BCUT2D eigenvalue weighted by atomic mass is 9.91. The van der Waals surface area contributed by atoms with E-state index >= 15 is 0 Å². The Hall–Kier alpha value is -2.77. The fourth-order valence-electron chi connectivity index (χ4n) is 3.39. The third-order valence-corrected chi connectivity index (χ3v) is 6.10. The van der Waals surface area contributed by atoms with Gasteiger partial charge in [0, 0.05) is 22.0 Å². The van der Waals surface area contributed by atoms with E-state index < -0.39 is 13.3 Å². The monoisotopic (exact) mass is 376 g/mol. The van der Waals surface area contributed by atoms with Gasteiger partial charge in [-0.15, -0.1) is 0 Å². The van der Waals surface area contributed by atoms with Crippen LogP contribution in [-0.2, 0) is 4.57 Å². The Morgan fingerprint density at radius 2 is 1.26 bits per heavy atom. The molecular formula is C23H21O3P. The number of hydrogen-bond donors (Lipinski definition) is 0. The maximum atomic E-state index is 13.2. The molecule has 4 heteroatoms. The molecule has 0 spiro atoms. The van der Waals surface area contributed by atoms with E-state index in [9.17, 15) is 14.2 Å². The van der Waals surface area contributed by atoms with Gasteiger partial charge in [0.15, 0.2) is 13.6 Å². The first-order chi connectivity index (χ1) is 12.9. The highest BCUT2D eigenvalue weighted by Gasteiger charge is 2.24. The molecule has 1 atom stereocenters. The first kappa shape index (κ1) is 19.0. The minimum atomic E-state index is -2.70. The largest absolute Gasteiger partial charge is 0.313 e. The van der Waals surface area contributed by atoms with E-state index in [0.717, 1.165) is 16.7 Å². The van der Waals surface area contributed by atoms with Crippen molar-refractivity contribution in [2.75, 3.05) is 0 Å². The molecule has 0 aromatic heterocycles. The van der Waals surface area contributed by atoms with E-state index in [1.54, 1.807) is 48.5 Å². The first-order valence-corrected chi connectivity index (χ1v) is 10.2. The summed E-state index contributed by atoms with van der Waals surface area (Å²) in [4.78, 5) is 26.1. The zero-order chi connectivity index (χ0) is 19.6. The molecule has 0 heterocycles. The van der Waals surface area contributed by atoms with Crippen molar-refractivity contribution in [1.29, 1.82) is 0 Å². The number of rotatable bonds is 5. The van der Waals surface area contributed by atoms with Gasteiger partial charge in [0.05, 0.1) is 0 Å². The first-order valence-electron chi connectivity index (χ1n) is 8.76. The van der Waals surface area contributed by atoms with Crippen LogP contribution in [0.4, 0.5) is 0 Å². The van der Waals surface area contributed by atoms with Gasteiger partial charge < -0.3 is 4.57 Å². The average molecular weight is 376 g/mol. The molecule has 136 valence electrons. The third kappa shape index (κ3) is 3.84. The van der Waals surface area contributed by atoms with Crippen LogP contribution in [0, 0.1) is 20.8 Å². The molecule has 0 amide bonds. The minimum Gasteiger partial charge on any atom is -0.313 e. The fourth-order valence-corrected chi connectivity index (χ4v) is 4.61. The van der Waals surface area contributed by atoms with E-state index in [1.165, 1.54) is 0 Å². The van der Waals surface area contributed by atoms with Gasteiger partial charge in [-0.2, -0.15) is 0 Å². The number of carbonyl (C=O) groups is 2. The summed E-state index contributed by atoms with van der Waals surface area (Å²) in [5.74, 6) is -0.211. The molecule has 3 nitrogen and oxygen atoms in total. The number of carbonyl (C=O) groups excluding carboxylic acids is 2. The second-order valence-electron chi connectivity index (χ2n) is 6.67. The second-order valence-corrected chi connectivity index (χ2v) is 8.36. The molecule has 0 fully saturated rings. The summed E-state index contributed by atoms with van der Waals surface area (Å²) >= 11 is 0. The van der Waals surface area contributed by atoms with Crippen molar-refractivity contribution < 1.29 is 14.2 Å². The third-order valence-electron chi connectivity index (χ3n) is 4.56. The SMILES string of the molecule is Cc1cc(C)c(C(=O)c2ccccc2C(=O)[PH](=O)c2ccccc2)c(C)c1. The van der Waals surface area contributed by atoms with Gasteiger partial charge in [-0.05, 0) is 31.9 Å². The Kier molecular flexibility index (Phi) is 5.53. The summed E-state index contributed by atoms with van der Waals surface area (Å²) in [7, 11) is -2.70. The summed E-state index contributed by atoms with van der Waals surface area (Å²) in [5.41, 5.74) is 3.45. The van der Waals surface area contributed by atoms with Crippen molar-refractivity contribution >= 4 is 24.4 Å². The molecule has 3 aromatic carbocycles. The highest BCUT2D eigenvalue weighted by molar-refractivity contribution is 7.71. The molecule has 1 unspecified atom stereocenters. The van der Waals surface area contributed by atoms with Crippen molar-refractivity contribution in [1.82, 2.24) is 0 Å². The van der Waals surface area contributed by atoms with Crippen LogP contribution in [0.5, 0.6) is 0 Å². The normalized spacial score (nSPS) is 11.8. The van der Waals surface area contributed by atoms with E-state index in [2.05, 4.69) is 0 Å². The highest BCUT2D eigenvalue weighted by atomic mass is 31.1. The van der Waals surface area contributed by atoms with Gasteiger partial charge in [-0.3, -0.25) is 9.59 Å². The predicted octanol–water partition coefficient (Wildman–Crippen LogP) is 4.87. The Bertz CT molecular complexity index is 1030. The zero-order valence-corrected chi connectivity index (χ0v) is 16.6. The number of ketones is 1. The number of hydrogen-bond acceptors (Lipinski definition) is 3. The number of aryl methyl sites for hydroxylation is 3. The van der Waals surface area contributed by atoms with Crippen molar-refractivity contribution in [3.8, 4) is 0 Å². The topological polar surface area (TPSA) is 51.2 Å². The molecule has 0 radical (unpaired) electrons. The molecule has 0 bridgehead atoms. The van der Waals surface area contributed by atoms with Gasteiger partial charge in [0.2, 0.25) is 5.52 Å². The number of benzene rings is 3. The lowest BCUT2D eigenvalue weighted by molar-refractivity contribution is 0.102. The Labute approximate surface area is 159 Å². The van der Waals surface area contributed by atoms with E-state index in [0.29, 0.717) is 16.4 Å². The highest BCUT2D eigenvalue weighted by Crippen LogP contribution is 2.30. The molecule has 0 aliphatic carbocycles. The summed E-state index contributed by atoms with van der Waals surface area (Å²) in [6.07, 6.45) is 0. The maximum absolute atomic E-state index is 13.2. The van der Waals surface area contributed by atoms with Crippen LogP contribution in [-0.4, -0.2) is 11.3 Å². The Morgan fingerprint density at radius 1 is 0.741 bits per heavy atom. The van der Waals surface area contributed by atoms with Crippen LogP contribution < -0.4 is 5.30 Å². The molecule has 0 aliphatic heterocycles. The summed E-state index contributed by atoms with van der Waals surface area (Å²) in [5, 5.41) is 0.498. The Morgan fingerprint density at radius 3 is 1.85 bits per heavy atom. The molecule has 0 saturated carbocycles. The lowest BCUT2D eigenvalue weighted by Gasteiger charge is -2.13. The quantitative estimate of drug-likeness (QED) is 0.472. The van der Waals surface area contributed by atoms with Crippen molar-refractivity contribution in [2.24, 2.45) is 0 Å². The predicted molar refractivity (Wildman–Crippen MR) is 110 cm³/mol. The van der Waals surface area contributed by atoms with Crippen molar-refractivity contribution in [3.63, 3.8) is 0 Å². The molecule has 0 saturated heterocycles. The van der Waals surface area contributed by atoms with E-state index in [4.69, 9.17) is 0 Å². The maximum Gasteiger partial charge on any atom is 0.223 e. The van der Waals surface area contributed by atoms with E-state index in [-0.39, 0.29) is 11.3 Å². The molecule has 27 heavy (non-hydrogen) atoms. The zero-order valence-electron chi connectivity index (χ0n) is 15.6. The van der Waals surface area contributed by atoms with Gasteiger partial charge in [0.1, 0.15) is 0 Å². The van der Waals surface area contributed by atoms with Crippen LogP contribution in [0.15, 0.2) is 66.7 Å². The molecule has 0 aliphatic rings. The van der Waals surface area contributed by atoms with Crippen molar-refractivity contribution in [2.45, 2.75) is 20.8 Å². The van der Waals surface area contributed by atoms with Crippen LogP contribution in [0.25, 0.3) is 0 Å². The second kappa shape index (κ2) is 7.85. The van der Waals surface area contributed by atoms with Crippen LogP contribution >= 0.6 is 7.80 Å². The van der Waals surface area contributed by atoms with Crippen LogP contribution in [0.2, 0.25) is 0 Å². The van der Waals surface area contributed by atoms with Gasteiger partial charge >= 0.3 is 0 Å². The summed E-state index contributed by atoms with van der Waals surface area (Å²) in [6, 6.07) is 19.2. The molecule has 3 rings (SSSR count).